The molecule has 0 radical (unpaired) electrons. The van der Waals surface area contributed by atoms with Gasteiger partial charge in [-0.05, 0) is 49.3 Å². The van der Waals surface area contributed by atoms with E-state index in [0.717, 1.165) is 0 Å². The van der Waals surface area contributed by atoms with E-state index >= 15 is 0 Å². The van der Waals surface area contributed by atoms with Gasteiger partial charge in [0.25, 0.3) is 0 Å². The summed E-state index contributed by atoms with van der Waals surface area (Å²) in [5.41, 5.74) is 0. The van der Waals surface area contributed by atoms with Crippen LogP contribution in [0.1, 0.15) is 27.7 Å². The van der Waals surface area contributed by atoms with Gasteiger partial charge in [0.05, 0.1) is 0 Å². The highest BCUT2D eigenvalue weighted by Gasteiger charge is 2.12. The summed E-state index contributed by atoms with van der Waals surface area (Å²) in [4.78, 5) is 0. The van der Waals surface area contributed by atoms with E-state index in [2.05, 4.69) is 85.4 Å². The monoisotopic (exact) mass is 406 g/mol. The van der Waals surface area contributed by atoms with E-state index in [-0.39, 0.29) is 0 Å². The van der Waals surface area contributed by atoms with Gasteiger partial charge in [-0.2, -0.15) is 11.8 Å². The molecule has 0 amide bonds. The smallest absolute Gasteiger partial charge is 0.0273 e. The molecule has 0 saturated heterocycles. The Morgan fingerprint density at radius 2 is 0.957 bits per heavy atom. The Bertz CT molecular complexity index is 326. The molecule has 0 rings (SSSR count). The van der Waals surface area contributed by atoms with Crippen LogP contribution in [-0.2, 0) is 0 Å². The Balaban J connectivity index is 4.23. The third kappa shape index (κ3) is 16.0. The van der Waals surface area contributed by atoms with Crippen molar-refractivity contribution in [1.29, 1.82) is 0 Å². The van der Waals surface area contributed by atoms with E-state index < -0.39 is 0 Å². The number of hydrogen-bond donors (Lipinski definition) is 0. The molecule has 0 aliphatic heterocycles. The van der Waals surface area contributed by atoms with Crippen LogP contribution >= 0.6 is 58.8 Å². The van der Waals surface area contributed by atoms with E-state index in [1.807, 2.05) is 47.0 Å². The lowest BCUT2D eigenvalue weighted by Crippen LogP contribution is -2.13. The Hall–Kier alpha value is 0.710. The van der Waals surface area contributed by atoms with Gasteiger partial charge in [0.1, 0.15) is 0 Å². The minimum atomic E-state index is 0.688. The van der Waals surface area contributed by atoms with Crippen LogP contribution in [0.3, 0.4) is 0 Å². The molecule has 0 aliphatic rings. The summed E-state index contributed by atoms with van der Waals surface area (Å²) in [7, 11) is 0. The summed E-state index contributed by atoms with van der Waals surface area (Å²) in [5, 5.41) is 10.2. The molecule has 0 nitrogen and oxygen atoms in total. The second-order valence-electron chi connectivity index (χ2n) is 4.60. The van der Waals surface area contributed by atoms with Crippen molar-refractivity contribution < 1.29 is 0 Å². The van der Waals surface area contributed by atoms with Crippen molar-refractivity contribution in [3.05, 3.63) is 45.9 Å². The van der Waals surface area contributed by atoms with E-state index in [0.29, 0.717) is 10.5 Å². The zero-order chi connectivity index (χ0) is 17.2. The van der Waals surface area contributed by atoms with Gasteiger partial charge >= 0.3 is 0 Å². The van der Waals surface area contributed by atoms with Crippen LogP contribution in [0.15, 0.2) is 45.9 Å². The zero-order valence-corrected chi connectivity index (χ0v) is 18.7. The average Bonchev–Trinajstić information content (AvgIpc) is 2.56. The van der Waals surface area contributed by atoms with Crippen LogP contribution in [0.2, 0.25) is 0 Å². The maximum Gasteiger partial charge on any atom is 0.0273 e. The standard InChI is InChI=1S/C18H30S5/c1-5-9-19-13-17(22-11-7-3)15-21-16-18(23-12-8-4)14-20-10-6-2/h5-12,17-18H,13-16H2,1-4H3/b9-5+,10-6+,11-7+,12-8+. The topological polar surface area (TPSA) is 0 Å². The van der Waals surface area contributed by atoms with Crippen molar-refractivity contribution in [1.82, 2.24) is 0 Å². The van der Waals surface area contributed by atoms with E-state index in [1.165, 1.54) is 23.0 Å². The van der Waals surface area contributed by atoms with E-state index in [1.54, 1.807) is 0 Å². The molecule has 2 atom stereocenters. The average molecular weight is 407 g/mol. The summed E-state index contributed by atoms with van der Waals surface area (Å²) in [6, 6.07) is 0. The molecule has 0 N–H and O–H groups in total. The van der Waals surface area contributed by atoms with Gasteiger partial charge in [0.2, 0.25) is 0 Å². The van der Waals surface area contributed by atoms with Gasteiger partial charge in [-0.15, -0.1) is 47.0 Å². The van der Waals surface area contributed by atoms with Gasteiger partial charge in [0, 0.05) is 33.5 Å². The van der Waals surface area contributed by atoms with Crippen LogP contribution < -0.4 is 0 Å². The first-order valence-electron chi connectivity index (χ1n) is 7.84. The van der Waals surface area contributed by atoms with Crippen LogP contribution in [0.4, 0.5) is 0 Å². The third-order valence-corrected chi connectivity index (χ3v) is 8.98. The maximum absolute atomic E-state index is 2.23. The summed E-state index contributed by atoms with van der Waals surface area (Å²) >= 11 is 9.89. The quantitative estimate of drug-likeness (QED) is 0.291. The normalized spacial score (nSPS) is 15.5. The highest BCUT2D eigenvalue weighted by Crippen LogP contribution is 2.26. The molecule has 5 heteroatoms. The molecule has 0 bridgehead atoms. The second-order valence-corrected chi connectivity index (χ2v) is 9.97. The first kappa shape index (κ1) is 23.7. The maximum atomic E-state index is 2.23. The summed E-state index contributed by atoms with van der Waals surface area (Å²) in [5.74, 6) is 4.82. The lowest BCUT2D eigenvalue weighted by Gasteiger charge is -2.16. The van der Waals surface area contributed by atoms with Crippen molar-refractivity contribution >= 4 is 58.8 Å². The first-order valence-corrected chi connectivity index (χ1v) is 13.0. The number of allylic oxidation sites excluding steroid dienone is 4. The Morgan fingerprint density at radius 1 is 0.565 bits per heavy atom. The molecule has 23 heavy (non-hydrogen) atoms. The minimum Gasteiger partial charge on any atom is -0.160 e. The van der Waals surface area contributed by atoms with Crippen molar-refractivity contribution in [2.45, 2.75) is 38.2 Å². The van der Waals surface area contributed by atoms with Gasteiger partial charge in [-0.1, -0.05) is 24.3 Å². The summed E-state index contributed by atoms with van der Waals surface area (Å²) in [6.45, 7) is 8.36. The van der Waals surface area contributed by atoms with Crippen molar-refractivity contribution in [3.63, 3.8) is 0 Å². The number of rotatable bonds is 14. The fourth-order valence-corrected chi connectivity index (χ4v) is 7.01. The van der Waals surface area contributed by atoms with Crippen LogP contribution in [0, 0.1) is 0 Å². The Labute approximate surface area is 165 Å². The molecule has 0 aromatic rings. The summed E-state index contributed by atoms with van der Waals surface area (Å²) in [6.07, 6.45) is 8.52. The first-order chi connectivity index (χ1) is 11.3. The fraction of sp³-hybridized carbons (Fsp3) is 0.556. The van der Waals surface area contributed by atoms with Gasteiger partial charge in [-0.3, -0.25) is 0 Å². The molecule has 0 aliphatic carbocycles. The predicted molar refractivity (Wildman–Crippen MR) is 124 cm³/mol. The van der Waals surface area contributed by atoms with Gasteiger partial charge < -0.3 is 0 Å². The third-order valence-electron chi connectivity index (χ3n) is 2.45. The lowest BCUT2D eigenvalue weighted by molar-refractivity contribution is 1.12. The van der Waals surface area contributed by atoms with Crippen LogP contribution in [0.5, 0.6) is 0 Å². The fourth-order valence-electron chi connectivity index (χ4n) is 1.48. The number of hydrogen-bond acceptors (Lipinski definition) is 5. The Morgan fingerprint density at radius 3 is 1.30 bits per heavy atom. The summed E-state index contributed by atoms with van der Waals surface area (Å²) < 4.78 is 0. The molecule has 0 aromatic carbocycles. The van der Waals surface area contributed by atoms with Crippen LogP contribution in [-0.4, -0.2) is 33.5 Å². The minimum absolute atomic E-state index is 0.688. The molecule has 0 fully saturated rings. The highest BCUT2D eigenvalue weighted by atomic mass is 32.2. The number of thioether (sulfide) groups is 5. The highest BCUT2D eigenvalue weighted by molar-refractivity contribution is 8.08. The molecule has 0 heterocycles. The van der Waals surface area contributed by atoms with Crippen molar-refractivity contribution in [2.75, 3.05) is 23.0 Å². The molecule has 0 aromatic heterocycles. The van der Waals surface area contributed by atoms with E-state index in [9.17, 15) is 0 Å². The molecule has 0 spiro atoms. The molecule has 2 unspecified atom stereocenters. The van der Waals surface area contributed by atoms with Gasteiger partial charge in [-0.25, -0.2) is 0 Å². The zero-order valence-electron chi connectivity index (χ0n) is 14.6. The molecular formula is C18H30S5. The molecule has 0 saturated carbocycles. The SMILES string of the molecule is C/C=C/SCC(CSCC(CS/C=C/C)S/C=C/C)S/C=C/C. The van der Waals surface area contributed by atoms with Crippen molar-refractivity contribution in [3.8, 4) is 0 Å². The van der Waals surface area contributed by atoms with Crippen LogP contribution in [0.25, 0.3) is 0 Å². The molecule has 132 valence electrons. The molecular weight excluding hydrogens is 377 g/mol. The van der Waals surface area contributed by atoms with Crippen molar-refractivity contribution in [2.24, 2.45) is 0 Å². The lowest BCUT2D eigenvalue weighted by atomic mass is 10.5. The predicted octanol–water partition coefficient (Wildman–Crippen LogP) is 7.52. The largest absolute Gasteiger partial charge is 0.160 e. The Kier molecular flexibility index (Phi) is 19.6. The second kappa shape index (κ2) is 19.0. The van der Waals surface area contributed by atoms with E-state index in [4.69, 9.17) is 0 Å². The van der Waals surface area contributed by atoms with Gasteiger partial charge in [0.15, 0.2) is 0 Å².